The molecular formula is C10H10N4O. The topological polar surface area (TPSA) is 60.7 Å². The van der Waals surface area contributed by atoms with E-state index < -0.39 is 0 Å². The first-order valence-electron chi connectivity index (χ1n) is 4.49. The standard InChI is InChI=1S/C10H10N4O/c1-7-3-9(6-15)13-10(12-7)8-4-11-14(2)5-8/h3-6H,1-2H3. The van der Waals surface area contributed by atoms with Gasteiger partial charge in [0.2, 0.25) is 0 Å². The van der Waals surface area contributed by atoms with Crippen molar-refractivity contribution >= 4 is 6.29 Å². The van der Waals surface area contributed by atoms with Crippen LogP contribution in [0.4, 0.5) is 0 Å². The Balaban J connectivity index is 2.52. The van der Waals surface area contributed by atoms with E-state index in [9.17, 15) is 4.79 Å². The average Bonchev–Trinajstić information content (AvgIpc) is 2.64. The van der Waals surface area contributed by atoms with Gasteiger partial charge in [0.05, 0.1) is 11.8 Å². The van der Waals surface area contributed by atoms with E-state index in [0.29, 0.717) is 17.8 Å². The fraction of sp³-hybridized carbons (Fsp3) is 0.200. The highest BCUT2D eigenvalue weighted by Crippen LogP contribution is 2.13. The van der Waals surface area contributed by atoms with Crippen LogP contribution in [0.15, 0.2) is 18.5 Å². The Labute approximate surface area is 86.8 Å². The summed E-state index contributed by atoms with van der Waals surface area (Å²) in [4.78, 5) is 19.0. The molecule has 0 saturated heterocycles. The fourth-order valence-corrected chi connectivity index (χ4v) is 1.32. The summed E-state index contributed by atoms with van der Waals surface area (Å²) in [5.41, 5.74) is 1.97. The molecule has 0 aromatic carbocycles. The maximum Gasteiger partial charge on any atom is 0.168 e. The van der Waals surface area contributed by atoms with Gasteiger partial charge in [-0.25, -0.2) is 9.97 Å². The van der Waals surface area contributed by atoms with Gasteiger partial charge in [-0.15, -0.1) is 0 Å². The third-order valence-corrected chi connectivity index (χ3v) is 1.96. The normalized spacial score (nSPS) is 10.3. The zero-order valence-electron chi connectivity index (χ0n) is 8.51. The van der Waals surface area contributed by atoms with Crippen molar-refractivity contribution in [2.75, 3.05) is 0 Å². The molecule has 2 heterocycles. The highest BCUT2D eigenvalue weighted by molar-refractivity contribution is 5.73. The van der Waals surface area contributed by atoms with Crippen LogP contribution in [-0.4, -0.2) is 26.0 Å². The van der Waals surface area contributed by atoms with Gasteiger partial charge in [-0.05, 0) is 13.0 Å². The second-order valence-electron chi connectivity index (χ2n) is 3.28. The van der Waals surface area contributed by atoms with Crippen LogP contribution >= 0.6 is 0 Å². The Hall–Kier alpha value is -2.04. The van der Waals surface area contributed by atoms with Gasteiger partial charge in [-0.2, -0.15) is 5.10 Å². The van der Waals surface area contributed by atoms with Crippen molar-refractivity contribution in [3.8, 4) is 11.4 Å². The number of hydrogen-bond acceptors (Lipinski definition) is 4. The first-order valence-corrected chi connectivity index (χ1v) is 4.49. The zero-order valence-corrected chi connectivity index (χ0v) is 8.51. The summed E-state index contributed by atoms with van der Waals surface area (Å²) in [6, 6.07) is 1.65. The van der Waals surface area contributed by atoms with Gasteiger partial charge >= 0.3 is 0 Å². The van der Waals surface area contributed by atoms with E-state index in [1.165, 1.54) is 0 Å². The second-order valence-corrected chi connectivity index (χ2v) is 3.28. The van der Waals surface area contributed by atoms with Crippen molar-refractivity contribution in [3.63, 3.8) is 0 Å². The van der Waals surface area contributed by atoms with Gasteiger partial charge in [0.1, 0.15) is 5.69 Å². The Morgan fingerprint density at radius 3 is 2.80 bits per heavy atom. The molecule has 2 aromatic rings. The number of carbonyl (C=O) groups is 1. The minimum absolute atomic E-state index is 0.390. The zero-order chi connectivity index (χ0) is 10.8. The summed E-state index contributed by atoms with van der Waals surface area (Å²) in [6.45, 7) is 1.83. The maximum absolute atomic E-state index is 10.6. The molecule has 0 atom stereocenters. The van der Waals surface area contributed by atoms with Crippen LogP contribution in [0, 0.1) is 6.92 Å². The molecule has 0 bridgehead atoms. The van der Waals surface area contributed by atoms with Gasteiger partial charge in [0.15, 0.2) is 12.1 Å². The molecule has 0 aliphatic carbocycles. The molecule has 0 unspecified atom stereocenters. The molecule has 15 heavy (non-hydrogen) atoms. The molecule has 0 aliphatic rings. The smallest absolute Gasteiger partial charge is 0.168 e. The molecule has 0 saturated carbocycles. The van der Waals surface area contributed by atoms with Crippen molar-refractivity contribution in [1.82, 2.24) is 19.7 Å². The predicted octanol–water partition coefficient (Wildman–Crippen LogP) is 0.998. The number of carbonyl (C=O) groups excluding carboxylic acids is 1. The number of nitrogens with zero attached hydrogens (tertiary/aromatic N) is 4. The number of rotatable bonds is 2. The van der Waals surface area contributed by atoms with Crippen molar-refractivity contribution in [3.05, 3.63) is 29.8 Å². The highest BCUT2D eigenvalue weighted by atomic mass is 16.1. The summed E-state index contributed by atoms with van der Waals surface area (Å²) in [5, 5.41) is 4.03. The van der Waals surface area contributed by atoms with Crippen molar-refractivity contribution in [1.29, 1.82) is 0 Å². The minimum atomic E-state index is 0.390. The molecule has 5 heteroatoms. The van der Waals surface area contributed by atoms with Crippen LogP contribution in [0.5, 0.6) is 0 Å². The summed E-state index contributed by atoms with van der Waals surface area (Å²) in [7, 11) is 1.82. The summed E-state index contributed by atoms with van der Waals surface area (Å²) >= 11 is 0. The third kappa shape index (κ3) is 1.90. The monoisotopic (exact) mass is 202 g/mol. The second kappa shape index (κ2) is 3.61. The molecule has 5 nitrogen and oxygen atoms in total. The Bertz CT molecular complexity index is 504. The van der Waals surface area contributed by atoms with Crippen molar-refractivity contribution in [2.24, 2.45) is 7.05 Å². The van der Waals surface area contributed by atoms with Gasteiger partial charge in [0.25, 0.3) is 0 Å². The van der Waals surface area contributed by atoms with E-state index in [-0.39, 0.29) is 0 Å². The first kappa shape index (κ1) is 9.51. The fourth-order valence-electron chi connectivity index (χ4n) is 1.32. The quantitative estimate of drug-likeness (QED) is 0.681. The van der Waals surface area contributed by atoms with Crippen LogP contribution in [0.3, 0.4) is 0 Å². The molecule has 76 valence electrons. The average molecular weight is 202 g/mol. The first-order chi connectivity index (χ1) is 7.19. The molecule has 0 radical (unpaired) electrons. The van der Waals surface area contributed by atoms with E-state index in [4.69, 9.17) is 0 Å². The van der Waals surface area contributed by atoms with Gasteiger partial charge in [-0.3, -0.25) is 9.48 Å². The van der Waals surface area contributed by atoms with Gasteiger partial charge in [0, 0.05) is 18.9 Å². The van der Waals surface area contributed by atoms with Crippen LogP contribution < -0.4 is 0 Å². The van der Waals surface area contributed by atoms with E-state index in [1.807, 2.05) is 20.2 Å². The molecule has 0 spiro atoms. The van der Waals surface area contributed by atoms with Gasteiger partial charge < -0.3 is 0 Å². The lowest BCUT2D eigenvalue weighted by Gasteiger charge is -1.98. The molecule has 2 aromatic heterocycles. The molecular weight excluding hydrogens is 192 g/mol. The van der Waals surface area contributed by atoms with Crippen LogP contribution in [0.2, 0.25) is 0 Å². The van der Waals surface area contributed by atoms with Crippen LogP contribution in [0.25, 0.3) is 11.4 Å². The number of hydrogen-bond donors (Lipinski definition) is 0. The number of aromatic nitrogens is 4. The largest absolute Gasteiger partial charge is 0.296 e. The Morgan fingerprint density at radius 1 is 1.40 bits per heavy atom. The van der Waals surface area contributed by atoms with E-state index in [0.717, 1.165) is 11.3 Å². The summed E-state index contributed by atoms with van der Waals surface area (Å²) in [5.74, 6) is 0.533. The molecule has 0 aliphatic heterocycles. The SMILES string of the molecule is Cc1cc(C=O)nc(-c2cnn(C)c2)n1. The number of aldehydes is 1. The lowest BCUT2D eigenvalue weighted by molar-refractivity contribution is 0.111. The van der Waals surface area contributed by atoms with Crippen LogP contribution in [-0.2, 0) is 7.05 Å². The van der Waals surface area contributed by atoms with Gasteiger partial charge in [-0.1, -0.05) is 0 Å². The maximum atomic E-state index is 10.6. The molecule has 0 amide bonds. The lowest BCUT2D eigenvalue weighted by Crippen LogP contribution is -1.96. The lowest BCUT2D eigenvalue weighted by atomic mass is 10.3. The highest BCUT2D eigenvalue weighted by Gasteiger charge is 2.06. The Kier molecular flexibility index (Phi) is 2.29. The molecule has 2 rings (SSSR count). The minimum Gasteiger partial charge on any atom is -0.296 e. The van der Waals surface area contributed by atoms with E-state index in [1.54, 1.807) is 16.9 Å². The van der Waals surface area contributed by atoms with Crippen molar-refractivity contribution in [2.45, 2.75) is 6.92 Å². The summed E-state index contributed by atoms with van der Waals surface area (Å²) in [6.07, 6.45) is 4.20. The number of aryl methyl sites for hydroxylation is 2. The Morgan fingerprint density at radius 2 is 2.20 bits per heavy atom. The van der Waals surface area contributed by atoms with E-state index in [2.05, 4.69) is 15.1 Å². The summed E-state index contributed by atoms with van der Waals surface area (Å²) < 4.78 is 1.67. The predicted molar refractivity (Wildman–Crippen MR) is 54.4 cm³/mol. The van der Waals surface area contributed by atoms with E-state index >= 15 is 0 Å². The van der Waals surface area contributed by atoms with Crippen molar-refractivity contribution < 1.29 is 4.79 Å². The third-order valence-electron chi connectivity index (χ3n) is 1.96. The van der Waals surface area contributed by atoms with Crippen LogP contribution in [0.1, 0.15) is 16.2 Å². The molecule has 0 N–H and O–H groups in total. The molecule has 0 fully saturated rings.